The Balaban J connectivity index is 1.28. The number of benzene rings is 1. The van der Waals surface area contributed by atoms with Crippen LogP contribution in [0.4, 0.5) is 4.39 Å². The van der Waals surface area contributed by atoms with Crippen molar-refractivity contribution in [2.45, 2.75) is 38.2 Å². The Labute approximate surface area is 154 Å². The van der Waals surface area contributed by atoms with E-state index in [-0.39, 0.29) is 11.9 Å². The van der Waals surface area contributed by atoms with Gasteiger partial charge in [0.2, 0.25) is 0 Å². The molecule has 1 aromatic carbocycles. The molecule has 0 saturated carbocycles. The van der Waals surface area contributed by atoms with Crippen molar-refractivity contribution >= 4 is 10.8 Å². The van der Waals surface area contributed by atoms with Crippen molar-refractivity contribution in [3.8, 4) is 5.75 Å². The average molecular weight is 357 g/mol. The molecule has 1 N–H and O–H groups in total. The van der Waals surface area contributed by atoms with E-state index in [1.807, 2.05) is 6.07 Å². The molecule has 2 aliphatic heterocycles. The number of fused-ring (bicyclic) bond motifs is 1. The summed E-state index contributed by atoms with van der Waals surface area (Å²) in [5, 5.41) is 5.21. The number of nitrogens with zero attached hydrogens (tertiary/aromatic N) is 2. The van der Waals surface area contributed by atoms with Gasteiger partial charge >= 0.3 is 0 Å². The van der Waals surface area contributed by atoms with Crippen LogP contribution in [0.25, 0.3) is 10.8 Å². The largest absolute Gasteiger partial charge is 0.487 e. The Morgan fingerprint density at radius 1 is 1.12 bits per heavy atom. The van der Waals surface area contributed by atoms with Crippen molar-refractivity contribution in [1.29, 1.82) is 0 Å². The van der Waals surface area contributed by atoms with E-state index in [9.17, 15) is 4.39 Å². The Kier molecular flexibility index (Phi) is 5.65. The monoisotopic (exact) mass is 357 g/mol. The minimum Gasteiger partial charge on any atom is -0.487 e. The fourth-order valence-corrected chi connectivity index (χ4v) is 4.14. The van der Waals surface area contributed by atoms with Crippen LogP contribution in [-0.4, -0.2) is 48.7 Å². The number of piperidine rings is 2. The maximum atomic E-state index is 14.3. The van der Waals surface area contributed by atoms with E-state index in [1.165, 1.54) is 45.0 Å². The zero-order chi connectivity index (χ0) is 17.8. The maximum absolute atomic E-state index is 14.3. The molecule has 2 aliphatic rings. The zero-order valence-electron chi connectivity index (χ0n) is 15.3. The number of rotatable bonds is 5. The van der Waals surface area contributed by atoms with Crippen LogP contribution in [0.15, 0.2) is 30.6 Å². The lowest BCUT2D eigenvalue weighted by atomic mass is 9.94. The Morgan fingerprint density at radius 2 is 1.92 bits per heavy atom. The van der Waals surface area contributed by atoms with E-state index in [2.05, 4.69) is 15.2 Å². The van der Waals surface area contributed by atoms with Gasteiger partial charge in [-0.2, -0.15) is 0 Å². The summed E-state index contributed by atoms with van der Waals surface area (Å²) >= 11 is 0. The van der Waals surface area contributed by atoms with Crippen LogP contribution >= 0.6 is 0 Å². The van der Waals surface area contributed by atoms with Gasteiger partial charge in [0.05, 0.1) is 0 Å². The Bertz CT molecular complexity index is 724. The second-order valence-electron chi connectivity index (χ2n) is 7.65. The number of pyridine rings is 1. The minimum atomic E-state index is -0.293. The molecule has 0 atom stereocenters. The lowest BCUT2D eigenvalue weighted by molar-refractivity contribution is 0.0929. The molecule has 0 aliphatic carbocycles. The van der Waals surface area contributed by atoms with Crippen molar-refractivity contribution < 1.29 is 9.13 Å². The molecule has 4 rings (SSSR count). The average Bonchev–Trinajstić information content (AvgIpc) is 2.69. The third-order valence-electron chi connectivity index (χ3n) is 5.83. The van der Waals surface area contributed by atoms with Crippen molar-refractivity contribution in [3.63, 3.8) is 0 Å². The van der Waals surface area contributed by atoms with Gasteiger partial charge in [-0.1, -0.05) is 0 Å². The third kappa shape index (κ3) is 4.33. The molecule has 0 radical (unpaired) electrons. The first-order valence-corrected chi connectivity index (χ1v) is 9.91. The summed E-state index contributed by atoms with van der Waals surface area (Å²) < 4.78 is 20.3. The second-order valence-corrected chi connectivity index (χ2v) is 7.65. The van der Waals surface area contributed by atoms with E-state index in [1.54, 1.807) is 18.5 Å². The first kappa shape index (κ1) is 17.7. The molecule has 3 heterocycles. The van der Waals surface area contributed by atoms with Gasteiger partial charge in [-0.05, 0) is 81.2 Å². The number of nitrogens with one attached hydrogen (secondary N) is 1. The molecule has 4 nitrogen and oxygen atoms in total. The molecule has 2 saturated heterocycles. The van der Waals surface area contributed by atoms with Crippen LogP contribution < -0.4 is 10.1 Å². The topological polar surface area (TPSA) is 37.4 Å². The van der Waals surface area contributed by atoms with Gasteiger partial charge in [0, 0.05) is 30.9 Å². The summed E-state index contributed by atoms with van der Waals surface area (Å²) in [6, 6.07) is 5.21. The van der Waals surface area contributed by atoms with Crippen LogP contribution in [0.1, 0.15) is 32.1 Å². The SMILES string of the molecule is Fc1cc2cnccc2cc1OC1CCN(CCC2CCNCC2)CC1. The number of hydrogen-bond acceptors (Lipinski definition) is 4. The summed E-state index contributed by atoms with van der Waals surface area (Å²) in [5.74, 6) is 0.960. The summed E-state index contributed by atoms with van der Waals surface area (Å²) in [5.41, 5.74) is 0. The highest BCUT2D eigenvalue weighted by atomic mass is 19.1. The van der Waals surface area contributed by atoms with Crippen molar-refractivity contribution in [3.05, 3.63) is 36.4 Å². The minimum absolute atomic E-state index is 0.110. The maximum Gasteiger partial charge on any atom is 0.165 e. The number of likely N-dealkylation sites (tertiary alicyclic amines) is 1. The highest BCUT2D eigenvalue weighted by molar-refractivity contribution is 5.83. The molecular weight excluding hydrogens is 329 g/mol. The lowest BCUT2D eigenvalue weighted by Crippen LogP contribution is -2.39. The van der Waals surface area contributed by atoms with Gasteiger partial charge < -0.3 is 15.0 Å². The van der Waals surface area contributed by atoms with Gasteiger partial charge in [0.15, 0.2) is 11.6 Å². The quantitative estimate of drug-likeness (QED) is 0.887. The molecule has 140 valence electrons. The predicted octanol–water partition coefficient (Wildman–Crippen LogP) is 3.61. The van der Waals surface area contributed by atoms with E-state index >= 15 is 0 Å². The fraction of sp³-hybridized carbons (Fsp3) is 0.571. The van der Waals surface area contributed by atoms with Gasteiger partial charge in [0.25, 0.3) is 0 Å². The summed E-state index contributed by atoms with van der Waals surface area (Å²) in [6.07, 6.45) is 9.40. The lowest BCUT2D eigenvalue weighted by Gasteiger charge is -2.33. The van der Waals surface area contributed by atoms with Crippen LogP contribution in [0.5, 0.6) is 5.75 Å². The van der Waals surface area contributed by atoms with Crippen molar-refractivity contribution in [2.75, 3.05) is 32.7 Å². The summed E-state index contributed by atoms with van der Waals surface area (Å²) in [6.45, 7) is 5.64. The number of ether oxygens (including phenoxy) is 1. The number of hydrogen-bond donors (Lipinski definition) is 1. The first-order chi connectivity index (χ1) is 12.8. The van der Waals surface area contributed by atoms with Crippen LogP contribution in [0.2, 0.25) is 0 Å². The van der Waals surface area contributed by atoms with Gasteiger partial charge in [-0.15, -0.1) is 0 Å². The molecule has 5 heteroatoms. The van der Waals surface area contributed by atoms with E-state index in [0.717, 1.165) is 42.6 Å². The van der Waals surface area contributed by atoms with E-state index < -0.39 is 0 Å². The van der Waals surface area contributed by atoms with Crippen LogP contribution in [0.3, 0.4) is 0 Å². The summed E-state index contributed by atoms with van der Waals surface area (Å²) in [7, 11) is 0. The predicted molar refractivity (Wildman–Crippen MR) is 102 cm³/mol. The smallest absolute Gasteiger partial charge is 0.165 e. The number of halogens is 1. The fourth-order valence-electron chi connectivity index (χ4n) is 4.14. The third-order valence-corrected chi connectivity index (χ3v) is 5.83. The molecule has 2 fully saturated rings. The molecule has 0 unspecified atom stereocenters. The van der Waals surface area contributed by atoms with Gasteiger partial charge in [-0.25, -0.2) is 4.39 Å². The van der Waals surface area contributed by atoms with Crippen molar-refractivity contribution in [1.82, 2.24) is 15.2 Å². The van der Waals surface area contributed by atoms with Gasteiger partial charge in [-0.3, -0.25) is 4.98 Å². The molecule has 2 aromatic rings. The molecule has 26 heavy (non-hydrogen) atoms. The molecule has 0 spiro atoms. The first-order valence-electron chi connectivity index (χ1n) is 9.91. The highest BCUT2D eigenvalue weighted by Gasteiger charge is 2.23. The summed E-state index contributed by atoms with van der Waals surface area (Å²) in [4.78, 5) is 6.59. The zero-order valence-corrected chi connectivity index (χ0v) is 15.3. The molecule has 0 amide bonds. The Morgan fingerprint density at radius 3 is 2.73 bits per heavy atom. The second kappa shape index (κ2) is 8.31. The highest BCUT2D eigenvalue weighted by Crippen LogP contribution is 2.27. The van der Waals surface area contributed by atoms with Gasteiger partial charge in [0.1, 0.15) is 6.10 Å². The van der Waals surface area contributed by atoms with Crippen molar-refractivity contribution in [2.24, 2.45) is 5.92 Å². The molecule has 0 bridgehead atoms. The van der Waals surface area contributed by atoms with Crippen LogP contribution in [-0.2, 0) is 0 Å². The standard InChI is InChI=1S/C21H28FN3O/c22-20-13-18-15-24-9-3-17(18)14-21(20)26-19-5-11-25(12-6-19)10-4-16-1-7-23-8-2-16/h3,9,13-16,19,23H,1-2,4-8,10-12H2. The Hall–Kier alpha value is -1.72. The van der Waals surface area contributed by atoms with Crippen LogP contribution in [0, 0.1) is 11.7 Å². The van der Waals surface area contributed by atoms with E-state index in [0.29, 0.717) is 5.75 Å². The molecular formula is C21H28FN3O. The van der Waals surface area contributed by atoms with E-state index in [4.69, 9.17) is 4.74 Å². The number of aromatic nitrogens is 1. The molecule has 1 aromatic heterocycles. The normalized spacial score (nSPS) is 20.5.